The molecule has 1 N–H and O–H groups in total. The molecule has 2 heterocycles. The Kier molecular flexibility index (Phi) is 6.24. The summed E-state index contributed by atoms with van der Waals surface area (Å²) in [5.41, 5.74) is 1.72. The first kappa shape index (κ1) is 20.6. The zero-order valence-corrected chi connectivity index (χ0v) is 17.0. The second-order valence-corrected chi connectivity index (χ2v) is 9.27. The minimum atomic E-state index is -3.08. The topological polar surface area (TPSA) is 102 Å². The summed E-state index contributed by atoms with van der Waals surface area (Å²) in [6, 6.07) is 4.40. The Morgan fingerprint density at radius 3 is 2.82 bits per heavy atom. The molecule has 0 spiro atoms. The van der Waals surface area contributed by atoms with Gasteiger partial charge in [-0.1, -0.05) is 6.07 Å². The van der Waals surface area contributed by atoms with Gasteiger partial charge in [-0.05, 0) is 36.6 Å². The Bertz CT molecular complexity index is 854. The second-order valence-electron chi connectivity index (χ2n) is 7.04. The molecule has 2 aliphatic rings. The number of nitrogens with zero attached hydrogens (tertiary/aromatic N) is 1. The van der Waals surface area contributed by atoms with E-state index in [-0.39, 0.29) is 30.0 Å². The highest BCUT2D eigenvalue weighted by Gasteiger charge is 2.34. The van der Waals surface area contributed by atoms with Crippen molar-refractivity contribution in [3.05, 3.63) is 29.3 Å². The number of fused-ring (bicyclic) bond motifs is 1. The third kappa shape index (κ3) is 4.47. The van der Waals surface area contributed by atoms with E-state index in [1.54, 1.807) is 11.0 Å². The number of hydrogen-bond acceptors (Lipinski definition) is 7. The van der Waals surface area contributed by atoms with Crippen LogP contribution in [0.25, 0.3) is 0 Å². The first-order valence-electron chi connectivity index (χ1n) is 9.41. The average molecular weight is 410 g/mol. The van der Waals surface area contributed by atoms with Crippen LogP contribution in [-0.2, 0) is 30.6 Å². The summed E-state index contributed by atoms with van der Waals surface area (Å²) in [4.78, 5) is 26.6. The maximum Gasteiger partial charge on any atom is 0.327 e. The summed E-state index contributed by atoms with van der Waals surface area (Å²) in [6.07, 6.45) is 1.23. The number of carbonyl (C=O) groups is 2. The van der Waals surface area contributed by atoms with E-state index in [9.17, 15) is 18.0 Å². The Hall–Kier alpha value is -2.13. The molecule has 1 aromatic rings. The number of nitrogens with one attached hydrogen (secondary N) is 1. The number of ether oxygens (including phenoxy) is 2. The molecule has 1 fully saturated rings. The highest BCUT2D eigenvalue weighted by molar-refractivity contribution is 7.91. The number of amides is 1. The van der Waals surface area contributed by atoms with Gasteiger partial charge in [-0.3, -0.25) is 10.1 Å². The molecule has 0 saturated carbocycles. The molecular weight excluding hydrogens is 384 g/mol. The smallest absolute Gasteiger partial charge is 0.327 e. The lowest BCUT2D eigenvalue weighted by Crippen LogP contribution is -2.46. The van der Waals surface area contributed by atoms with Crippen LogP contribution in [0.1, 0.15) is 30.5 Å². The van der Waals surface area contributed by atoms with Crippen LogP contribution in [-0.4, -0.2) is 69.5 Å². The number of likely N-dealkylation sites (N-methyl/N-ethyl adjacent to an activating group) is 1. The standard InChI is InChI=1S/C19H26N2O6S/c1-3-21(15-7-9-28(24,25)12-15)17(22)11-20-18(19(23)26-2)14-4-5-16-13(10-14)6-8-27-16/h4-5,10,15,18,20H,3,6-9,11-12H2,1-2H3/t15-,18-/m1/s1. The lowest BCUT2D eigenvalue weighted by atomic mass is 10.0. The van der Waals surface area contributed by atoms with E-state index in [0.29, 0.717) is 25.1 Å². The van der Waals surface area contributed by atoms with Gasteiger partial charge in [0.25, 0.3) is 0 Å². The quantitative estimate of drug-likeness (QED) is 0.652. The summed E-state index contributed by atoms with van der Waals surface area (Å²) < 4.78 is 33.8. The lowest BCUT2D eigenvalue weighted by molar-refractivity contribution is -0.143. The summed E-state index contributed by atoms with van der Waals surface area (Å²) in [5, 5.41) is 2.98. The van der Waals surface area contributed by atoms with E-state index < -0.39 is 21.8 Å². The number of benzene rings is 1. The second kappa shape index (κ2) is 8.48. The summed E-state index contributed by atoms with van der Waals surface area (Å²) in [7, 11) is -1.78. The van der Waals surface area contributed by atoms with Crippen molar-refractivity contribution >= 4 is 21.7 Å². The van der Waals surface area contributed by atoms with E-state index in [0.717, 1.165) is 17.7 Å². The molecule has 154 valence electrons. The number of methoxy groups -OCH3 is 1. The van der Waals surface area contributed by atoms with Crippen LogP contribution in [0.4, 0.5) is 0 Å². The van der Waals surface area contributed by atoms with Gasteiger partial charge >= 0.3 is 5.97 Å². The van der Waals surface area contributed by atoms with Crippen LogP contribution in [0.2, 0.25) is 0 Å². The van der Waals surface area contributed by atoms with Gasteiger partial charge < -0.3 is 14.4 Å². The third-order valence-corrected chi connectivity index (χ3v) is 7.00. The van der Waals surface area contributed by atoms with Crippen molar-refractivity contribution < 1.29 is 27.5 Å². The zero-order chi connectivity index (χ0) is 20.3. The fraction of sp³-hybridized carbons (Fsp3) is 0.579. The molecule has 2 aliphatic heterocycles. The largest absolute Gasteiger partial charge is 0.493 e. The Labute approximate surface area is 165 Å². The number of hydrogen-bond donors (Lipinski definition) is 1. The van der Waals surface area contributed by atoms with Crippen LogP contribution in [0.5, 0.6) is 5.75 Å². The molecule has 1 saturated heterocycles. The van der Waals surface area contributed by atoms with Crippen LogP contribution >= 0.6 is 0 Å². The van der Waals surface area contributed by atoms with E-state index in [4.69, 9.17) is 9.47 Å². The molecule has 1 aromatic carbocycles. The molecule has 0 radical (unpaired) electrons. The highest BCUT2D eigenvalue weighted by atomic mass is 32.2. The fourth-order valence-corrected chi connectivity index (χ4v) is 5.52. The number of carbonyl (C=O) groups excluding carboxylic acids is 2. The monoisotopic (exact) mass is 410 g/mol. The van der Waals surface area contributed by atoms with Crippen LogP contribution in [0.3, 0.4) is 0 Å². The molecule has 8 nitrogen and oxygen atoms in total. The van der Waals surface area contributed by atoms with Crippen molar-refractivity contribution in [2.24, 2.45) is 0 Å². The molecule has 3 rings (SSSR count). The Morgan fingerprint density at radius 1 is 1.39 bits per heavy atom. The lowest BCUT2D eigenvalue weighted by Gasteiger charge is -2.28. The third-order valence-electron chi connectivity index (χ3n) is 5.25. The molecule has 0 aliphatic carbocycles. The van der Waals surface area contributed by atoms with Crippen molar-refractivity contribution in [3.63, 3.8) is 0 Å². The van der Waals surface area contributed by atoms with Crippen molar-refractivity contribution in [2.45, 2.75) is 31.8 Å². The van der Waals surface area contributed by atoms with Crippen LogP contribution in [0.15, 0.2) is 18.2 Å². The van der Waals surface area contributed by atoms with Crippen molar-refractivity contribution in [1.82, 2.24) is 10.2 Å². The molecule has 9 heteroatoms. The van der Waals surface area contributed by atoms with E-state index >= 15 is 0 Å². The number of rotatable bonds is 7. The predicted molar refractivity (Wildman–Crippen MR) is 103 cm³/mol. The maximum atomic E-state index is 12.7. The van der Waals surface area contributed by atoms with Gasteiger partial charge in [-0.2, -0.15) is 0 Å². The molecular formula is C19H26N2O6S. The van der Waals surface area contributed by atoms with Crippen LogP contribution in [0, 0.1) is 0 Å². The van der Waals surface area contributed by atoms with Crippen molar-refractivity contribution in [3.8, 4) is 5.75 Å². The molecule has 0 bridgehead atoms. The highest BCUT2D eigenvalue weighted by Crippen LogP contribution is 2.28. The van der Waals surface area contributed by atoms with Gasteiger partial charge in [-0.15, -0.1) is 0 Å². The summed E-state index contributed by atoms with van der Waals surface area (Å²) in [5.74, 6) is 0.193. The molecule has 2 atom stereocenters. The summed E-state index contributed by atoms with van der Waals surface area (Å²) in [6.45, 7) is 2.77. The van der Waals surface area contributed by atoms with Crippen LogP contribution < -0.4 is 10.1 Å². The molecule has 0 aromatic heterocycles. The Balaban J connectivity index is 1.69. The average Bonchev–Trinajstić information content (AvgIpc) is 3.27. The summed E-state index contributed by atoms with van der Waals surface area (Å²) >= 11 is 0. The maximum absolute atomic E-state index is 12.7. The Morgan fingerprint density at radius 2 is 2.18 bits per heavy atom. The van der Waals surface area contributed by atoms with Gasteiger partial charge in [0, 0.05) is 19.0 Å². The zero-order valence-electron chi connectivity index (χ0n) is 16.1. The van der Waals surface area contributed by atoms with Gasteiger partial charge in [0.2, 0.25) is 5.91 Å². The molecule has 0 unspecified atom stereocenters. The first-order valence-corrected chi connectivity index (χ1v) is 11.2. The minimum absolute atomic E-state index is 0.00215. The van der Waals surface area contributed by atoms with Crippen molar-refractivity contribution in [2.75, 3.05) is 38.3 Å². The van der Waals surface area contributed by atoms with E-state index in [2.05, 4.69) is 5.32 Å². The van der Waals surface area contributed by atoms with Gasteiger partial charge in [0.05, 0.1) is 31.8 Å². The SMILES string of the molecule is CCN(C(=O)CN[C@@H](C(=O)OC)c1ccc2c(c1)CCO2)[C@@H]1CCS(=O)(=O)C1. The minimum Gasteiger partial charge on any atom is -0.493 e. The normalized spacial score (nSPS) is 20.9. The molecule has 1 amide bonds. The number of esters is 1. The van der Waals surface area contributed by atoms with Gasteiger partial charge in [0.1, 0.15) is 11.8 Å². The van der Waals surface area contributed by atoms with E-state index in [1.165, 1.54) is 7.11 Å². The fourth-order valence-electron chi connectivity index (χ4n) is 3.79. The van der Waals surface area contributed by atoms with Gasteiger partial charge in [-0.25, -0.2) is 13.2 Å². The first-order chi connectivity index (χ1) is 13.3. The number of sulfone groups is 1. The van der Waals surface area contributed by atoms with E-state index in [1.807, 2.05) is 19.1 Å². The van der Waals surface area contributed by atoms with Gasteiger partial charge in [0.15, 0.2) is 9.84 Å². The van der Waals surface area contributed by atoms with Crippen molar-refractivity contribution in [1.29, 1.82) is 0 Å². The molecule has 28 heavy (non-hydrogen) atoms. The predicted octanol–water partition coefficient (Wildman–Crippen LogP) is 0.461.